The molecule has 0 saturated heterocycles. The number of unbranched alkanes of at least 4 members (excludes halogenated alkanes) is 1. The Kier molecular flexibility index (Phi) is 6.80. The Labute approximate surface area is 117 Å². The molecular formula is C15H30N2O2. The molecule has 1 atom stereocenters. The van der Waals surface area contributed by atoms with Gasteiger partial charge >= 0.3 is 0 Å². The Hall–Kier alpha value is -0.610. The molecule has 1 aliphatic rings. The molecule has 3 N–H and O–H groups in total. The number of hydrogen-bond donors (Lipinski definition) is 3. The second-order valence-electron chi connectivity index (χ2n) is 6.15. The molecule has 0 bridgehead atoms. The van der Waals surface area contributed by atoms with E-state index in [4.69, 9.17) is 0 Å². The zero-order valence-corrected chi connectivity index (χ0v) is 12.7. The van der Waals surface area contributed by atoms with E-state index in [1.165, 1.54) is 0 Å². The maximum absolute atomic E-state index is 11.8. The summed E-state index contributed by atoms with van der Waals surface area (Å²) in [6.45, 7) is 7.45. The lowest BCUT2D eigenvalue weighted by Gasteiger charge is -2.35. The van der Waals surface area contributed by atoms with Crippen LogP contribution >= 0.6 is 0 Å². The van der Waals surface area contributed by atoms with Crippen LogP contribution in [0.15, 0.2) is 0 Å². The predicted octanol–water partition coefficient (Wildman–Crippen LogP) is 1.82. The molecule has 1 unspecified atom stereocenters. The number of carbonyl (C=O) groups is 1. The van der Waals surface area contributed by atoms with Crippen molar-refractivity contribution in [2.24, 2.45) is 5.92 Å². The molecule has 1 saturated carbocycles. The van der Waals surface area contributed by atoms with Crippen molar-refractivity contribution in [3.05, 3.63) is 0 Å². The number of rotatable bonds is 7. The zero-order chi connectivity index (χ0) is 14.3. The average Bonchev–Trinajstić information content (AvgIpc) is 2.40. The van der Waals surface area contributed by atoms with Crippen LogP contribution in [0.25, 0.3) is 0 Å². The maximum Gasteiger partial charge on any atom is 0.236 e. The molecule has 0 aromatic rings. The minimum absolute atomic E-state index is 0.0289. The third-order valence-electron chi connectivity index (χ3n) is 4.17. The summed E-state index contributed by atoms with van der Waals surface area (Å²) in [5.74, 6) is 0.747. The highest BCUT2D eigenvalue weighted by Gasteiger charge is 2.32. The van der Waals surface area contributed by atoms with Gasteiger partial charge in [-0.05, 0) is 44.9 Å². The van der Waals surface area contributed by atoms with E-state index in [2.05, 4.69) is 24.5 Å². The fraction of sp³-hybridized carbons (Fsp3) is 0.933. The van der Waals surface area contributed by atoms with Gasteiger partial charge < -0.3 is 15.7 Å². The third-order valence-corrected chi connectivity index (χ3v) is 4.17. The fourth-order valence-electron chi connectivity index (χ4n) is 2.45. The van der Waals surface area contributed by atoms with Gasteiger partial charge in [-0.3, -0.25) is 4.79 Å². The van der Waals surface area contributed by atoms with Gasteiger partial charge in [0.1, 0.15) is 0 Å². The summed E-state index contributed by atoms with van der Waals surface area (Å²) in [6, 6.07) is -0.236. The molecule has 1 amide bonds. The first-order valence-electron chi connectivity index (χ1n) is 7.70. The molecule has 0 spiro atoms. The Morgan fingerprint density at radius 1 is 1.42 bits per heavy atom. The van der Waals surface area contributed by atoms with Gasteiger partial charge in [0.05, 0.1) is 11.6 Å². The van der Waals surface area contributed by atoms with Gasteiger partial charge in [-0.25, -0.2) is 0 Å². The van der Waals surface area contributed by atoms with Crippen LogP contribution in [-0.4, -0.2) is 35.7 Å². The van der Waals surface area contributed by atoms with Crippen LogP contribution < -0.4 is 10.6 Å². The first kappa shape index (κ1) is 16.4. The topological polar surface area (TPSA) is 61.4 Å². The van der Waals surface area contributed by atoms with Crippen molar-refractivity contribution in [1.29, 1.82) is 0 Å². The van der Waals surface area contributed by atoms with Crippen LogP contribution in [0.5, 0.6) is 0 Å². The molecule has 0 heterocycles. The molecule has 4 nitrogen and oxygen atoms in total. The highest BCUT2D eigenvalue weighted by Crippen LogP contribution is 2.31. The summed E-state index contributed by atoms with van der Waals surface area (Å²) in [4.78, 5) is 11.8. The van der Waals surface area contributed by atoms with Gasteiger partial charge in [0, 0.05) is 13.1 Å². The van der Waals surface area contributed by atoms with E-state index in [1.807, 2.05) is 6.92 Å². The molecule has 1 rings (SSSR count). The number of hydrogen-bond acceptors (Lipinski definition) is 3. The fourth-order valence-corrected chi connectivity index (χ4v) is 2.45. The first-order chi connectivity index (χ1) is 8.97. The van der Waals surface area contributed by atoms with Crippen molar-refractivity contribution in [3.8, 4) is 0 Å². The normalized spacial score (nSPS) is 28.9. The number of amides is 1. The van der Waals surface area contributed by atoms with Gasteiger partial charge in [0.25, 0.3) is 0 Å². The molecule has 4 heteroatoms. The highest BCUT2D eigenvalue weighted by molar-refractivity contribution is 5.81. The van der Waals surface area contributed by atoms with E-state index in [0.29, 0.717) is 6.54 Å². The van der Waals surface area contributed by atoms with Crippen molar-refractivity contribution in [3.63, 3.8) is 0 Å². The van der Waals surface area contributed by atoms with E-state index < -0.39 is 5.60 Å². The van der Waals surface area contributed by atoms with Crippen molar-refractivity contribution in [2.75, 3.05) is 13.1 Å². The molecular weight excluding hydrogens is 240 g/mol. The summed E-state index contributed by atoms with van der Waals surface area (Å²) in [5.41, 5.74) is -0.621. The molecule has 112 valence electrons. The van der Waals surface area contributed by atoms with Crippen LogP contribution in [-0.2, 0) is 4.79 Å². The smallest absolute Gasteiger partial charge is 0.236 e. The Morgan fingerprint density at radius 3 is 2.63 bits per heavy atom. The van der Waals surface area contributed by atoms with Gasteiger partial charge in [-0.15, -0.1) is 0 Å². The molecule has 19 heavy (non-hydrogen) atoms. The minimum Gasteiger partial charge on any atom is -0.389 e. The zero-order valence-electron chi connectivity index (χ0n) is 12.7. The monoisotopic (exact) mass is 270 g/mol. The Bertz CT molecular complexity index is 273. The van der Waals surface area contributed by atoms with Gasteiger partial charge in [0.15, 0.2) is 0 Å². The van der Waals surface area contributed by atoms with E-state index in [9.17, 15) is 9.90 Å². The van der Waals surface area contributed by atoms with Crippen LogP contribution in [0.1, 0.15) is 59.3 Å². The van der Waals surface area contributed by atoms with Crippen molar-refractivity contribution in [1.82, 2.24) is 10.6 Å². The number of nitrogens with one attached hydrogen (secondary N) is 2. The lowest BCUT2D eigenvalue weighted by atomic mass is 9.79. The summed E-state index contributed by atoms with van der Waals surface area (Å²) in [7, 11) is 0. The average molecular weight is 270 g/mol. The lowest BCUT2D eigenvalue weighted by molar-refractivity contribution is -0.123. The Balaban J connectivity index is 2.25. The Morgan fingerprint density at radius 2 is 2.05 bits per heavy atom. The summed E-state index contributed by atoms with van der Waals surface area (Å²) >= 11 is 0. The van der Waals surface area contributed by atoms with Crippen LogP contribution in [0, 0.1) is 5.92 Å². The predicted molar refractivity (Wildman–Crippen MR) is 78.0 cm³/mol. The van der Waals surface area contributed by atoms with Crippen molar-refractivity contribution < 1.29 is 9.90 Å². The van der Waals surface area contributed by atoms with Crippen molar-refractivity contribution >= 4 is 5.91 Å². The molecule has 0 aromatic heterocycles. The van der Waals surface area contributed by atoms with Gasteiger partial charge in [0.2, 0.25) is 5.91 Å². The molecule has 1 aliphatic carbocycles. The minimum atomic E-state index is -0.621. The van der Waals surface area contributed by atoms with E-state index in [-0.39, 0.29) is 11.9 Å². The molecule has 0 aromatic carbocycles. The second-order valence-corrected chi connectivity index (χ2v) is 6.15. The SMILES string of the molecule is CCCCNC(=O)C(C)NCC1(O)CCC(C)CC1. The van der Waals surface area contributed by atoms with Crippen molar-refractivity contribution in [2.45, 2.75) is 70.9 Å². The van der Waals surface area contributed by atoms with Gasteiger partial charge in [-0.1, -0.05) is 20.3 Å². The molecule has 0 aliphatic heterocycles. The third kappa shape index (κ3) is 5.91. The second kappa shape index (κ2) is 7.85. The first-order valence-corrected chi connectivity index (χ1v) is 7.70. The van der Waals surface area contributed by atoms with Gasteiger partial charge in [-0.2, -0.15) is 0 Å². The quantitative estimate of drug-likeness (QED) is 0.618. The largest absolute Gasteiger partial charge is 0.389 e. The maximum atomic E-state index is 11.8. The van der Waals surface area contributed by atoms with E-state index in [1.54, 1.807) is 0 Å². The molecule has 1 fully saturated rings. The number of aliphatic hydroxyl groups is 1. The van der Waals surface area contributed by atoms with Crippen LogP contribution in [0.3, 0.4) is 0 Å². The molecule has 0 radical (unpaired) electrons. The highest BCUT2D eigenvalue weighted by atomic mass is 16.3. The van der Waals surface area contributed by atoms with E-state index in [0.717, 1.165) is 51.0 Å². The summed E-state index contributed by atoms with van der Waals surface area (Å²) in [6.07, 6.45) is 5.93. The number of carbonyl (C=O) groups excluding carboxylic acids is 1. The lowest BCUT2D eigenvalue weighted by Crippen LogP contribution is -2.50. The van der Waals surface area contributed by atoms with E-state index >= 15 is 0 Å². The van der Waals surface area contributed by atoms with Crippen LogP contribution in [0.2, 0.25) is 0 Å². The summed E-state index contributed by atoms with van der Waals surface area (Å²) in [5, 5.41) is 16.5. The standard InChI is InChI=1S/C15H30N2O2/c1-4-5-10-16-14(18)13(3)17-11-15(19)8-6-12(2)7-9-15/h12-13,17,19H,4-11H2,1-3H3,(H,16,18). The van der Waals surface area contributed by atoms with Crippen LogP contribution in [0.4, 0.5) is 0 Å². The summed E-state index contributed by atoms with van der Waals surface area (Å²) < 4.78 is 0.